The quantitative estimate of drug-likeness (QED) is 0.683. The van der Waals surface area contributed by atoms with Gasteiger partial charge in [-0.2, -0.15) is 0 Å². The van der Waals surface area contributed by atoms with Crippen molar-refractivity contribution < 1.29 is 19.5 Å². The third-order valence-corrected chi connectivity index (χ3v) is 1.51. The van der Waals surface area contributed by atoms with Gasteiger partial charge >= 0.3 is 0 Å². The number of unbranched alkanes of at least 4 members (excludes halogenated alkanes) is 1. The molecule has 0 saturated carbocycles. The summed E-state index contributed by atoms with van der Waals surface area (Å²) < 4.78 is 0. The van der Waals surface area contributed by atoms with Crippen LogP contribution in [-0.2, 0) is 25.9 Å². The zero-order valence-corrected chi connectivity index (χ0v) is 10.1. The van der Waals surface area contributed by atoms with Crippen molar-refractivity contribution in [1.29, 1.82) is 0 Å². The molecule has 1 nitrogen and oxygen atoms in total. The van der Waals surface area contributed by atoms with E-state index >= 15 is 0 Å². The Bertz CT molecular complexity index is 174. The first kappa shape index (κ1) is 10.8. The maximum atomic E-state index is 4.22. The smallest absolute Gasteiger partial charge is 0.0403 e. The Morgan fingerprint density at radius 2 is 2.18 bits per heavy atom. The largest absolute Gasteiger partial charge is 0.261 e. The summed E-state index contributed by atoms with van der Waals surface area (Å²) in [7, 11) is 0. The van der Waals surface area contributed by atoms with E-state index in [9.17, 15) is 0 Å². The molecule has 56 valence electrons. The summed E-state index contributed by atoms with van der Waals surface area (Å²) in [6, 6.07) is 6.07. The van der Waals surface area contributed by atoms with Crippen LogP contribution in [0, 0.1) is 0 Å². The Morgan fingerprint density at radius 1 is 1.36 bits per heavy atom. The maximum Gasteiger partial charge on any atom is 0.0403 e. The van der Waals surface area contributed by atoms with Gasteiger partial charge in [0.1, 0.15) is 0 Å². The summed E-state index contributed by atoms with van der Waals surface area (Å²) in [5.74, 6) is 0. The molecule has 1 rings (SSSR count). The van der Waals surface area contributed by atoms with Gasteiger partial charge < -0.3 is 0 Å². The molecule has 0 aromatic carbocycles. The molecule has 0 bridgehead atoms. The Kier molecular flexibility index (Phi) is 6.35. The van der Waals surface area contributed by atoms with E-state index in [0.29, 0.717) is 0 Å². The summed E-state index contributed by atoms with van der Waals surface area (Å²) in [4.78, 5) is 4.22. The third kappa shape index (κ3) is 4.26. The zero-order valence-electron chi connectivity index (χ0n) is 7.09. The Labute approximate surface area is 81.0 Å². The average Bonchev–Trinajstić information content (AvgIpc) is 2.03. The second-order valence-corrected chi connectivity index (χ2v) is 2.42. The molecule has 0 spiro atoms. The van der Waals surface area contributed by atoms with Crippen molar-refractivity contribution in [3.63, 3.8) is 0 Å². The van der Waals surface area contributed by atoms with Gasteiger partial charge in [0.25, 0.3) is 0 Å². The van der Waals surface area contributed by atoms with Crippen molar-refractivity contribution >= 4 is 0 Å². The predicted octanol–water partition coefficient (Wildman–Crippen LogP) is 2.42. The van der Waals surface area contributed by atoms with E-state index in [0.717, 1.165) is 6.42 Å². The maximum absolute atomic E-state index is 4.22. The minimum Gasteiger partial charge on any atom is -0.261 e. The molecular formula is C9H13NZn. The number of hydrogen-bond acceptors (Lipinski definition) is 1. The zero-order chi connectivity index (χ0) is 7.23. The molecular weight excluding hydrogens is 187 g/mol. The van der Waals surface area contributed by atoms with Crippen LogP contribution in [0.2, 0.25) is 0 Å². The summed E-state index contributed by atoms with van der Waals surface area (Å²) in [5.41, 5.74) is 1.21. The van der Waals surface area contributed by atoms with Crippen LogP contribution < -0.4 is 0 Å². The van der Waals surface area contributed by atoms with Crippen LogP contribution in [0.4, 0.5) is 0 Å². The summed E-state index contributed by atoms with van der Waals surface area (Å²) in [6.07, 6.45) is 5.47. The van der Waals surface area contributed by atoms with Crippen LogP contribution in [0.1, 0.15) is 25.5 Å². The first-order chi connectivity index (χ1) is 4.93. The van der Waals surface area contributed by atoms with E-state index in [-0.39, 0.29) is 19.5 Å². The predicted molar refractivity (Wildman–Crippen MR) is 42.8 cm³/mol. The van der Waals surface area contributed by atoms with E-state index in [1.165, 1.54) is 18.5 Å². The number of aromatic nitrogens is 1. The monoisotopic (exact) mass is 199 g/mol. The van der Waals surface area contributed by atoms with E-state index < -0.39 is 0 Å². The van der Waals surface area contributed by atoms with Gasteiger partial charge in [-0.1, -0.05) is 19.4 Å². The molecule has 11 heavy (non-hydrogen) atoms. The molecule has 0 atom stereocenters. The van der Waals surface area contributed by atoms with Crippen LogP contribution in [-0.4, -0.2) is 4.98 Å². The Hall–Kier alpha value is -0.227. The van der Waals surface area contributed by atoms with Crippen LogP contribution in [0.25, 0.3) is 0 Å². The van der Waals surface area contributed by atoms with Gasteiger partial charge in [-0.25, -0.2) is 0 Å². The van der Waals surface area contributed by atoms with E-state index in [4.69, 9.17) is 0 Å². The number of aryl methyl sites for hydroxylation is 1. The van der Waals surface area contributed by atoms with Crippen molar-refractivity contribution in [1.82, 2.24) is 4.98 Å². The molecule has 0 aliphatic heterocycles. The first-order valence-corrected chi connectivity index (χ1v) is 3.83. The topological polar surface area (TPSA) is 12.9 Å². The fourth-order valence-electron chi connectivity index (χ4n) is 0.904. The minimum absolute atomic E-state index is 0. The van der Waals surface area contributed by atoms with E-state index in [1.54, 1.807) is 0 Å². The third-order valence-electron chi connectivity index (χ3n) is 1.51. The van der Waals surface area contributed by atoms with Crippen molar-refractivity contribution in [2.45, 2.75) is 26.2 Å². The molecule has 0 aliphatic carbocycles. The van der Waals surface area contributed by atoms with Crippen molar-refractivity contribution in [2.75, 3.05) is 0 Å². The van der Waals surface area contributed by atoms with Crippen LogP contribution in [0.3, 0.4) is 0 Å². The molecule has 0 fully saturated rings. The van der Waals surface area contributed by atoms with E-state index in [1.807, 2.05) is 18.3 Å². The number of rotatable bonds is 3. The minimum atomic E-state index is 0. The molecule has 1 aromatic rings. The van der Waals surface area contributed by atoms with Crippen molar-refractivity contribution in [2.24, 2.45) is 0 Å². The summed E-state index contributed by atoms with van der Waals surface area (Å²) >= 11 is 0. The molecule has 0 saturated heterocycles. The van der Waals surface area contributed by atoms with Crippen LogP contribution in [0.5, 0.6) is 0 Å². The molecule has 1 aromatic heterocycles. The fraction of sp³-hybridized carbons (Fsp3) is 0.444. The molecule has 0 N–H and O–H groups in total. The normalized spacial score (nSPS) is 8.82. The van der Waals surface area contributed by atoms with Crippen molar-refractivity contribution in [3.05, 3.63) is 30.1 Å². The Morgan fingerprint density at radius 3 is 2.73 bits per heavy atom. The summed E-state index contributed by atoms with van der Waals surface area (Å²) in [6.45, 7) is 2.20. The number of pyridine rings is 1. The Balaban J connectivity index is 0.000001000. The van der Waals surface area contributed by atoms with Gasteiger partial charge in [0.05, 0.1) is 0 Å². The van der Waals surface area contributed by atoms with Gasteiger partial charge in [0.15, 0.2) is 0 Å². The second-order valence-electron chi connectivity index (χ2n) is 2.42. The van der Waals surface area contributed by atoms with Gasteiger partial charge in [0.2, 0.25) is 0 Å². The van der Waals surface area contributed by atoms with Gasteiger partial charge in [0, 0.05) is 31.4 Å². The number of nitrogens with zero attached hydrogens (tertiary/aromatic N) is 1. The van der Waals surface area contributed by atoms with Gasteiger partial charge in [-0.3, -0.25) is 4.98 Å². The van der Waals surface area contributed by atoms with Crippen LogP contribution >= 0.6 is 0 Å². The standard InChI is InChI=1S/C9H13N.Zn/c1-2-3-6-9-7-4-5-8-10-9;/h4-5,7-8H,2-3,6H2,1H3;. The van der Waals surface area contributed by atoms with Gasteiger partial charge in [-0.05, 0) is 25.0 Å². The SMILES string of the molecule is CCCCc1ccccn1.[Zn]. The molecule has 0 radical (unpaired) electrons. The van der Waals surface area contributed by atoms with Gasteiger partial charge in [-0.15, -0.1) is 0 Å². The fourth-order valence-corrected chi connectivity index (χ4v) is 0.904. The van der Waals surface area contributed by atoms with Crippen LogP contribution in [0.15, 0.2) is 24.4 Å². The molecule has 2 heteroatoms. The average molecular weight is 201 g/mol. The molecule has 1 heterocycles. The molecule has 0 aliphatic rings. The van der Waals surface area contributed by atoms with E-state index in [2.05, 4.69) is 18.0 Å². The number of hydrogen-bond donors (Lipinski definition) is 0. The molecule has 0 unspecified atom stereocenters. The summed E-state index contributed by atoms with van der Waals surface area (Å²) in [5, 5.41) is 0. The first-order valence-electron chi connectivity index (χ1n) is 3.83. The second kappa shape index (κ2) is 6.48. The molecule has 0 amide bonds. The van der Waals surface area contributed by atoms with Crippen molar-refractivity contribution in [3.8, 4) is 0 Å².